The van der Waals surface area contributed by atoms with Crippen LogP contribution in [0.15, 0.2) is 61.1 Å². The number of nitro groups is 1. The fourth-order valence-corrected chi connectivity index (χ4v) is 3.89. The fourth-order valence-electron chi connectivity index (χ4n) is 3.61. The molecule has 0 fully saturated rings. The molecule has 1 heterocycles. The number of amides is 1. The number of nitrogens with one attached hydrogen (secondary N) is 2. The second-order valence-corrected chi connectivity index (χ2v) is 9.07. The van der Waals surface area contributed by atoms with Crippen LogP contribution in [0.2, 0.25) is 0 Å². The average Bonchev–Trinajstić information content (AvgIpc) is 3.32. The molecule has 2 N–H and O–H groups in total. The zero-order chi connectivity index (χ0) is 26.8. The van der Waals surface area contributed by atoms with Gasteiger partial charge in [0.25, 0.3) is 5.69 Å². The maximum absolute atomic E-state index is 13.5. The van der Waals surface area contributed by atoms with E-state index in [1.807, 2.05) is 28.8 Å². The molecular formula is C26H32N6O4S. The highest BCUT2D eigenvalue weighted by atomic mass is 32.1. The second-order valence-electron chi connectivity index (χ2n) is 8.68. The number of imidazole rings is 1. The normalized spacial score (nSPS) is 11.5. The molecule has 1 atom stereocenters. The highest BCUT2D eigenvalue weighted by molar-refractivity contribution is 7.80. The van der Waals surface area contributed by atoms with Gasteiger partial charge in [-0.15, -0.1) is 0 Å². The number of benzene rings is 2. The molecular weight excluding hydrogens is 492 g/mol. The van der Waals surface area contributed by atoms with Gasteiger partial charge in [0.1, 0.15) is 5.75 Å². The van der Waals surface area contributed by atoms with E-state index in [-0.39, 0.29) is 23.1 Å². The van der Waals surface area contributed by atoms with Gasteiger partial charge in [0.15, 0.2) is 5.11 Å². The van der Waals surface area contributed by atoms with Gasteiger partial charge in [-0.1, -0.05) is 44.5 Å². The van der Waals surface area contributed by atoms with Gasteiger partial charge in [0.05, 0.1) is 30.5 Å². The third kappa shape index (κ3) is 7.83. The molecule has 0 radical (unpaired) electrons. The summed E-state index contributed by atoms with van der Waals surface area (Å²) in [5.74, 6) is 0.864. The molecule has 0 spiro atoms. The summed E-state index contributed by atoms with van der Waals surface area (Å²) in [6.45, 7) is 5.30. The van der Waals surface area contributed by atoms with Crippen LogP contribution < -0.4 is 15.5 Å². The molecule has 1 amide bonds. The Bertz CT molecular complexity index is 1210. The van der Waals surface area contributed by atoms with Gasteiger partial charge in [-0.25, -0.2) is 15.4 Å². The number of hydrogen-bond donors (Lipinski definition) is 2. The van der Waals surface area contributed by atoms with E-state index < -0.39 is 4.92 Å². The summed E-state index contributed by atoms with van der Waals surface area (Å²) in [7, 11) is 1.57. The summed E-state index contributed by atoms with van der Waals surface area (Å²) in [6, 6.07) is 13.6. The largest absolute Gasteiger partial charge is 0.495 e. The predicted molar refractivity (Wildman–Crippen MR) is 146 cm³/mol. The highest BCUT2D eigenvalue weighted by Crippen LogP contribution is 2.23. The Morgan fingerprint density at radius 2 is 1.97 bits per heavy atom. The Morgan fingerprint density at radius 3 is 2.65 bits per heavy atom. The number of hydrogen-bond acceptors (Lipinski definition) is 7. The molecule has 196 valence electrons. The van der Waals surface area contributed by atoms with Gasteiger partial charge in [0, 0.05) is 37.1 Å². The predicted octanol–water partition coefficient (Wildman–Crippen LogP) is 4.56. The van der Waals surface area contributed by atoms with Gasteiger partial charge in [-0.3, -0.25) is 14.9 Å². The number of para-hydroxylation sites is 2. The summed E-state index contributed by atoms with van der Waals surface area (Å²) < 4.78 is 7.24. The SMILES string of the molecule is CC[C@H](C)CCNN(C(=O)Cc1cncn1Cc1ccc([N+](=O)[O-])cc1)C(=S)Nc1ccccc1OC. The van der Waals surface area contributed by atoms with E-state index in [0.717, 1.165) is 18.4 Å². The number of anilines is 1. The first-order valence-electron chi connectivity index (χ1n) is 12.0. The topological polar surface area (TPSA) is 115 Å². The van der Waals surface area contributed by atoms with Crippen molar-refractivity contribution in [1.82, 2.24) is 20.0 Å². The smallest absolute Gasteiger partial charge is 0.269 e. The Kier molecular flexibility index (Phi) is 10.1. The van der Waals surface area contributed by atoms with E-state index in [2.05, 4.69) is 29.6 Å². The molecule has 0 bridgehead atoms. The summed E-state index contributed by atoms with van der Waals surface area (Å²) in [5, 5.41) is 15.6. The zero-order valence-electron chi connectivity index (χ0n) is 21.2. The van der Waals surface area contributed by atoms with Gasteiger partial charge in [-0.05, 0) is 42.3 Å². The molecule has 0 aliphatic rings. The summed E-state index contributed by atoms with van der Waals surface area (Å²) in [4.78, 5) is 28.2. The fraction of sp³-hybridized carbons (Fsp3) is 0.346. The number of thiocarbonyl (C=S) groups is 1. The Hall–Kier alpha value is -3.83. The lowest BCUT2D eigenvalue weighted by Crippen LogP contribution is -2.50. The number of methoxy groups -OCH3 is 1. The maximum Gasteiger partial charge on any atom is 0.269 e. The van der Waals surface area contributed by atoms with Crippen molar-refractivity contribution in [2.24, 2.45) is 5.92 Å². The van der Waals surface area contributed by atoms with Gasteiger partial charge in [0.2, 0.25) is 5.91 Å². The maximum atomic E-state index is 13.5. The van der Waals surface area contributed by atoms with E-state index >= 15 is 0 Å². The first-order valence-corrected chi connectivity index (χ1v) is 12.5. The van der Waals surface area contributed by atoms with E-state index in [0.29, 0.717) is 36.1 Å². The van der Waals surface area contributed by atoms with Crippen LogP contribution >= 0.6 is 12.2 Å². The van der Waals surface area contributed by atoms with Crippen molar-refractivity contribution in [3.05, 3.63) is 82.4 Å². The number of nitrogens with zero attached hydrogens (tertiary/aromatic N) is 4. The van der Waals surface area contributed by atoms with E-state index in [1.54, 1.807) is 31.8 Å². The van der Waals surface area contributed by atoms with Crippen molar-refractivity contribution in [1.29, 1.82) is 0 Å². The molecule has 0 saturated carbocycles. The Balaban J connectivity index is 1.74. The Morgan fingerprint density at radius 1 is 1.24 bits per heavy atom. The van der Waals surface area contributed by atoms with Crippen LogP contribution in [0.5, 0.6) is 5.75 Å². The monoisotopic (exact) mass is 524 g/mol. The van der Waals surface area contributed by atoms with Gasteiger partial charge >= 0.3 is 0 Å². The average molecular weight is 525 g/mol. The van der Waals surface area contributed by atoms with Gasteiger partial charge in [-0.2, -0.15) is 0 Å². The summed E-state index contributed by atoms with van der Waals surface area (Å²) in [6.07, 6.45) is 5.25. The van der Waals surface area contributed by atoms with Crippen molar-refractivity contribution in [2.45, 2.75) is 39.7 Å². The molecule has 11 heteroatoms. The van der Waals surface area contributed by atoms with Crippen molar-refractivity contribution < 1.29 is 14.5 Å². The third-order valence-corrected chi connectivity index (χ3v) is 6.32. The van der Waals surface area contributed by atoms with Gasteiger partial charge < -0.3 is 14.6 Å². The first kappa shape index (κ1) is 27.8. The lowest BCUT2D eigenvalue weighted by atomic mass is 10.1. The summed E-state index contributed by atoms with van der Waals surface area (Å²) >= 11 is 5.61. The summed E-state index contributed by atoms with van der Waals surface area (Å²) in [5.41, 5.74) is 5.41. The molecule has 0 aliphatic carbocycles. The van der Waals surface area contributed by atoms with Crippen LogP contribution in [-0.2, 0) is 17.8 Å². The number of nitro benzene ring substituents is 1. The minimum Gasteiger partial charge on any atom is -0.495 e. The number of non-ortho nitro benzene ring substituents is 1. The van der Waals surface area contributed by atoms with Crippen LogP contribution in [0.3, 0.4) is 0 Å². The number of rotatable bonds is 12. The van der Waals surface area contributed by atoms with E-state index in [4.69, 9.17) is 17.0 Å². The van der Waals surface area contributed by atoms with E-state index in [1.165, 1.54) is 17.1 Å². The zero-order valence-corrected chi connectivity index (χ0v) is 22.0. The molecule has 3 rings (SSSR count). The number of ether oxygens (including phenoxy) is 1. The van der Waals surface area contributed by atoms with Crippen molar-refractivity contribution in [2.75, 3.05) is 19.0 Å². The molecule has 37 heavy (non-hydrogen) atoms. The van der Waals surface area contributed by atoms with Crippen LogP contribution in [-0.4, -0.2) is 44.2 Å². The standard InChI is InChI=1S/C26H32N6O4S/c1-4-19(2)13-14-28-31(26(37)29-23-7-5-6-8-24(23)36-3)25(33)15-22-16-27-18-30(22)17-20-9-11-21(12-10-20)32(34)35/h5-12,16,18-19,28H,4,13-15,17H2,1-3H3,(H,29,37)/t19-/m0/s1. The van der Waals surface area contributed by atoms with Crippen LogP contribution in [0, 0.1) is 16.0 Å². The molecule has 10 nitrogen and oxygen atoms in total. The van der Waals surface area contributed by atoms with Crippen LogP contribution in [0.4, 0.5) is 11.4 Å². The first-order chi connectivity index (χ1) is 17.8. The molecule has 1 aromatic heterocycles. The lowest BCUT2D eigenvalue weighted by molar-refractivity contribution is -0.384. The molecule has 2 aromatic carbocycles. The lowest BCUT2D eigenvalue weighted by Gasteiger charge is -2.26. The number of aromatic nitrogens is 2. The minimum absolute atomic E-state index is 0.0277. The van der Waals surface area contributed by atoms with Crippen LogP contribution in [0.1, 0.15) is 37.9 Å². The number of hydrazine groups is 1. The molecule has 0 saturated heterocycles. The Labute approximate surface area is 221 Å². The minimum atomic E-state index is -0.435. The quantitative estimate of drug-likeness (QED) is 0.201. The molecule has 3 aromatic rings. The van der Waals surface area contributed by atoms with Crippen LogP contribution in [0.25, 0.3) is 0 Å². The molecule has 0 aliphatic heterocycles. The highest BCUT2D eigenvalue weighted by Gasteiger charge is 2.21. The number of carbonyl (C=O) groups is 1. The molecule has 0 unspecified atom stereocenters. The van der Waals surface area contributed by atoms with Crippen molar-refractivity contribution in [3.8, 4) is 5.75 Å². The van der Waals surface area contributed by atoms with E-state index in [9.17, 15) is 14.9 Å². The van der Waals surface area contributed by atoms with Crippen molar-refractivity contribution in [3.63, 3.8) is 0 Å². The van der Waals surface area contributed by atoms with Crippen molar-refractivity contribution >= 4 is 34.6 Å². The number of carbonyl (C=O) groups excluding carboxylic acids is 1. The second kappa shape index (κ2) is 13.5. The third-order valence-electron chi connectivity index (χ3n) is 6.04.